The number of carbonyl (C=O) groups is 3. The molecule has 5 atom stereocenters. The van der Waals surface area contributed by atoms with Gasteiger partial charge < -0.3 is 29.9 Å². The largest absolute Gasteiger partial charge is 0.481 e. The van der Waals surface area contributed by atoms with Gasteiger partial charge in [0.05, 0.1) is 24.4 Å². The highest BCUT2D eigenvalue weighted by atomic mass is 35.5. The van der Waals surface area contributed by atoms with E-state index in [-0.39, 0.29) is 23.1 Å². The van der Waals surface area contributed by atoms with Crippen LogP contribution in [-0.4, -0.2) is 97.3 Å². The van der Waals surface area contributed by atoms with Crippen molar-refractivity contribution in [2.75, 3.05) is 48.0 Å². The SMILES string of the molecule is C=C=C1N(C)C=C(C(=O)NC2=CC(C)C(F)C(c3cccc(-c4cc5c(c(OC)n4)C(C4=C(C)C4CC[C@@]4(CC)CCN(CCOC)C(=O)N4)CC5)c3Cl)=C2C)C(=O)N1C. The summed E-state index contributed by atoms with van der Waals surface area (Å²) in [5.41, 5.74) is 10.6. The van der Waals surface area contributed by atoms with Gasteiger partial charge in [0.1, 0.15) is 11.7 Å². The number of alkyl halides is 1. The van der Waals surface area contributed by atoms with E-state index in [1.165, 1.54) is 22.2 Å². The van der Waals surface area contributed by atoms with E-state index in [1.807, 2.05) is 17.0 Å². The molecule has 13 heteroatoms. The number of pyridine rings is 1. The van der Waals surface area contributed by atoms with E-state index in [9.17, 15) is 14.4 Å². The minimum Gasteiger partial charge on any atom is -0.481 e. The number of fused-ring (bicyclic) bond motifs is 1. The number of hydrogen-bond acceptors (Lipinski definition) is 7. The first-order valence-electron chi connectivity index (χ1n) is 20.8. The van der Waals surface area contributed by atoms with Gasteiger partial charge in [-0.05, 0) is 69.6 Å². The maximum Gasteiger partial charge on any atom is 0.317 e. The van der Waals surface area contributed by atoms with Crippen LogP contribution in [0.5, 0.6) is 5.88 Å². The number of ether oxygens (including phenoxy) is 2. The van der Waals surface area contributed by atoms with Crippen molar-refractivity contribution in [3.8, 4) is 17.1 Å². The van der Waals surface area contributed by atoms with Crippen molar-refractivity contribution >= 4 is 35.0 Å². The van der Waals surface area contributed by atoms with Crippen LogP contribution in [0.25, 0.3) is 16.8 Å². The van der Waals surface area contributed by atoms with Gasteiger partial charge in [-0.25, -0.2) is 14.2 Å². The number of urea groups is 1. The molecule has 1 saturated heterocycles. The molecule has 0 spiro atoms. The van der Waals surface area contributed by atoms with Crippen LogP contribution >= 0.6 is 11.6 Å². The molecule has 318 valence electrons. The van der Waals surface area contributed by atoms with Gasteiger partial charge in [-0.2, -0.15) is 0 Å². The first kappa shape index (κ1) is 42.9. The topological polar surface area (TPSA) is 116 Å². The summed E-state index contributed by atoms with van der Waals surface area (Å²) >= 11 is 7.24. The van der Waals surface area contributed by atoms with Gasteiger partial charge in [0.15, 0.2) is 5.82 Å². The Bertz CT molecular complexity index is 2310. The van der Waals surface area contributed by atoms with Gasteiger partial charge in [0, 0.05) is 91.7 Å². The molecule has 0 saturated carbocycles. The number of aromatic nitrogens is 1. The number of halogens is 2. The maximum atomic E-state index is 16.3. The molecule has 11 nitrogen and oxygen atoms in total. The van der Waals surface area contributed by atoms with E-state index in [4.69, 9.17) is 26.1 Å². The number of rotatable bonds is 13. The van der Waals surface area contributed by atoms with Crippen LogP contribution < -0.4 is 15.4 Å². The second-order valence-corrected chi connectivity index (χ2v) is 17.1. The van der Waals surface area contributed by atoms with Gasteiger partial charge in [-0.1, -0.05) is 73.2 Å². The first-order valence-corrected chi connectivity index (χ1v) is 21.2. The van der Waals surface area contributed by atoms with Crippen LogP contribution in [0.1, 0.15) is 82.4 Å². The van der Waals surface area contributed by atoms with E-state index in [0.717, 1.165) is 56.2 Å². The van der Waals surface area contributed by atoms with Crippen LogP contribution in [0, 0.1) is 11.8 Å². The third kappa shape index (κ3) is 7.70. The van der Waals surface area contributed by atoms with E-state index >= 15 is 4.39 Å². The second-order valence-electron chi connectivity index (χ2n) is 16.7. The van der Waals surface area contributed by atoms with Crippen molar-refractivity contribution in [3.63, 3.8) is 0 Å². The molecule has 1 aromatic carbocycles. The molecule has 3 heterocycles. The van der Waals surface area contributed by atoms with E-state index in [1.54, 1.807) is 59.2 Å². The minimum atomic E-state index is -1.41. The standard InChI is InChI=1S/C47H56ClFN6O5/c1-10-37-53(6)25-34(45(57)54(37)7)43(56)50-35-23-26(3)42(49)39(28(35)5)33-14-12-13-31(41(33)48)36-24-29-15-16-32(40(29)44(51-36)60-9)38-27(4)30(38)17-18-47(11-2)19-20-55(21-22-59-8)46(58)52-47/h12-14,23-26,30,32,42H,1,11,15-22H2,2-9H3,(H,50,56)(H,52,58)/t26?,30?,32?,42?,47-/m0/s1. The molecule has 0 radical (unpaired) electrons. The Hall–Kier alpha value is -5.16. The normalized spacial score (nSPS) is 25.2. The average Bonchev–Trinajstić information content (AvgIpc) is 3.67. The zero-order chi connectivity index (χ0) is 43.2. The van der Waals surface area contributed by atoms with Crippen LogP contribution in [0.4, 0.5) is 9.18 Å². The second kappa shape index (κ2) is 17.1. The van der Waals surface area contributed by atoms with Crippen molar-refractivity contribution in [1.29, 1.82) is 0 Å². The summed E-state index contributed by atoms with van der Waals surface area (Å²) in [5.74, 6) is -0.132. The zero-order valence-electron chi connectivity index (χ0n) is 35.9. The number of benzene rings is 1. The molecule has 0 bridgehead atoms. The third-order valence-electron chi connectivity index (χ3n) is 13.4. The van der Waals surface area contributed by atoms with Gasteiger partial charge in [0.2, 0.25) is 5.88 Å². The highest BCUT2D eigenvalue weighted by molar-refractivity contribution is 6.35. The summed E-state index contributed by atoms with van der Waals surface area (Å²) in [6.45, 7) is 13.4. The number of nitrogens with one attached hydrogen (secondary N) is 2. The lowest BCUT2D eigenvalue weighted by molar-refractivity contribution is -0.129. The lowest BCUT2D eigenvalue weighted by Crippen LogP contribution is -2.60. The average molecular weight is 839 g/mol. The number of methoxy groups -OCH3 is 2. The molecule has 2 N–H and O–H groups in total. The number of hydrogen-bond donors (Lipinski definition) is 2. The predicted octanol–water partition coefficient (Wildman–Crippen LogP) is 8.05. The minimum absolute atomic E-state index is 0.00733. The molecular formula is C47H56ClFN6O5. The molecule has 5 aliphatic rings. The Labute approximate surface area is 357 Å². The fourth-order valence-electron chi connectivity index (χ4n) is 9.72. The lowest BCUT2D eigenvalue weighted by atomic mass is 9.83. The Morgan fingerprint density at radius 3 is 2.63 bits per heavy atom. The molecule has 7 rings (SSSR count). The summed E-state index contributed by atoms with van der Waals surface area (Å²) in [6, 6.07) is 7.60. The van der Waals surface area contributed by atoms with Crippen LogP contribution in [0.15, 0.2) is 82.7 Å². The van der Waals surface area contributed by atoms with Gasteiger partial charge in [-0.15, -0.1) is 0 Å². The summed E-state index contributed by atoms with van der Waals surface area (Å²) in [6.07, 6.45) is 7.22. The molecule has 2 aliphatic heterocycles. The molecule has 60 heavy (non-hydrogen) atoms. The molecule has 4 unspecified atom stereocenters. The summed E-state index contributed by atoms with van der Waals surface area (Å²) in [7, 11) is 6.55. The number of likely N-dealkylation sites (N-methyl/N-ethyl adjacent to an activating group) is 1. The monoisotopic (exact) mass is 838 g/mol. The van der Waals surface area contributed by atoms with Gasteiger partial charge in [-0.3, -0.25) is 14.5 Å². The summed E-state index contributed by atoms with van der Waals surface area (Å²) in [4.78, 5) is 49.4. The maximum absolute atomic E-state index is 16.3. The quantitative estimate of drug-likeness (QED) is 0.119. The Balaban J connectivity index is 1.11. The molecule has 4 amide bonds. The number of aryl methyl sites for hydroxylation is 1. The highest BCUT2D eigenvalue weighted by Crippen LogP contribution is 2.57. The summed E-state index contributed by atoms with van der Waals surface area (Å²) in [5, 5.41) is 6.57. The van der Waals surface area contributed by atoms with Crippen molar-refractivity contribution in [3.05, 3.63) is 104 Å². The van der Waals surface area contributed by atoms with Crippen LogP contribution in [0.2, 0.25) is 5.02 Å². The highest BCUT2D eigenvalue weighted by Gasteiger charge is 2.45. The smallest absolute Gasteiger partial charge is 0.317 e. The van der Waals surface area contributed by atoms with E-state index in [0.29, 0.717) is 69.5 Å². The number of carbonyl (C=O) groups excluding carboxylic acids is 3. The molecule has 1 aromatic heterocycles. The third-order valence-corrected chi connectivity index (χ3v) is 13.8. The predicted molar refractivity (Wildman–Crippen MR) is 231 cm³/mol. The fourth-order valence-corrected chi connectivity index (χ4v) is 10.0. The molecule has 3 aliphatic carbocycles. The number of amides is 4. The first-order chi connectivity index (χ1) is 28.7. The molecule has 1 fully saturated rings. The van der Waals surface area contributed by atoms with Crippen molar-refractivity contribution in [1.82, 2.24) is 30.3 Å². The van der Waals surface area contributed by atoms with Crippen molar-refractivity contribution < 1.29 is 28.2 Å². The Morgan fingerprint density at radius 1 is 1.20 bits per heavy atom. The van der Waals surface area contributed by atoms with Gasteiger partial charge in [0.25, 0.3) is 11.8 Å². The van der Waals surface area contributed by atoms with Crippen molar-refractivity contribution in [2.24, 2.45) is 11.8 Å². The Morgan fingerprint density at radius 2 is 1.95 bits per heavy atom. The van der Waals surface area contributed by atoms with Gasteiger partial charge >= 0.3 is 6.03 Å². The zero-order valence-corrected chi connectivity index (χ0v) is 36.7. The summed E-state index contributed by atoms with van der Waals surface area (Å²) < 4.78 is 27.5. The number of nitrogens with zero attached hydrogens (tertiary/aromatic N) is 4. The lowest BCUT2D eigenvalue weighted by Gasteiger charge is -2.42. The fraction of sp³-hybridized carbons (Fsp3) is 0.468. The van der Waals surface area contributed by atoms with Crippen LogP contribution in [-0.2, 0) is 20.7 Å². The van der Waals surface area contributed by atoms with Crippen LogP contribution in [0.3, 0.4) is 0 Å². The van der Waals surface area contributed by atoms with E-state index < -0.39 is 23.9 Å². The molecular weight excluding hydrogens is 783 g/mol. The van der Waals surface area contributed by atoms with Crippen molar-refractivity contribution in [2.45, 2.75) is 83.8 Å². The Kier molecular flexibility index (Phi) is 12.2. The van der Waals surface area contributed by atoms with E-state index in [2.05, 4.69) is 42.9 Å². The molecule has 2 aromatic rings. The number of allylic oxidation sites excluding steroid dienone is 5.